The molecule has 0 aromatic heterocycles. The Kier molecular flexibility index (Phi) is 12.4. The van der Waals surface area contributed by atoms with Gasteiger partial charge in [0.25, 0.3) is 0 Å². The molecule has 40 heavy (non-hydrogen) atoms. The summed E-state index contributed by atoms with van der Waals surface area (Å²) >= 11 is 0. The average Bonchev–Trinajstić information content (AvgIpc) is 2.93. The number of amides is 1. The Morgan fingerprint density at radius 3 is 1.65 bits per heavy atom. The fourth-order valence-corrected chi connectivity index (χ4v) is 4.82. The molecule has 0 spiro atoms. The van der Waals surface area contributed by atoms with Crippen molar-refractivity contribution in [2.45, 2.75) is 112 Å². The third kappa shape index (κ3) is 7.25. The summed E-state index contributed by atoms with van der Waals surface area (Å²) in [5, 5.41) is 94.6. The van der Waals surface area contributed by atoms with Crippen LogP contribution in [0.25, 0.3) is 0 Å². The molecule has 0 aromatic carbocycles. The van der Waals surface area contributed by atoms with Crippen molar-refractivity contribution in [2.75, 3.05) is 26.4 Å². The van der Waals surface area contributed by atoms with E-state index in [0.717, 1.165) is 0 Å². The van der Waals surface area contributed by atoms with Crippen molar-refractivity contribution in [3.05, 3.63) is 0 Å². The Balaban J connectivity index is 1.75. The third-order valence-electron chi connectivity index (χ3n) is 6.96. The van der Waals surface area contributed by atoms with Gasteiger partial charge in [-0.25, -0.2) is 0 Å². The number of ether oxygens (including phenoxy) is 6. The van der Waals surface area contributed by atoms with Crippen LogP contribution >= 0.6 is 0 Å². The van der Waals surface area contributed by atoms with Crippen LogP contribution in [-0.4, -0.2) is 170 Å². The normalized spacial score (nSPS) is 46.2. The number of carbonyl (C=O) groups is 1. The highest BCUT2D eigenvalue weighted by Gasteiger charge is 2.53. The molecule has 1 amide bonds. The highest BCUT2D eigenvalue weighted by Crippen LogP contribution is 2.32. The number of hydrogen-bond acceptors (Lipinski definition) is 16. The summed E-state index contributed by atoms with van der Waals surface area (Å²) in [7, 11) is 0. The van der Waals surface area contributed by atoms with E-state index in [9.17, 15) is 50.8 Å². The van der Waals surface area contributed by atoms with Crippen LogP contribution < -0.4 is 5.32 Å². The monoisotopic (exact) mass is 587 g/mol. The van der Waals surface area contributed by atoms with E-state index in [1.54, 1.807) is 0 Å². The van der Waals surface area contributed by atoms with Crippen LogP contribution in [0.15, 0.2) is 0 Å². The molecule has 15 atom stereocenters. The quantitative estimate of drug-likeness (QED) is 0.108. The summed E-state index contributed by atoms with van der Waals surface area (Å²) in [6, 6.07) is -1.14. The van der Waals surface area contributed by atoms with Gasteiger partial charge in [0.1, 0.15) is 73.2 Å². The highest BCUT2D eigenvalue weighted by atomic mass is 16.8. The van der Waals surface area contributed by atoms with Gasteiger partial charge >= 0.3 is 0 Å². The first-order valence-corrected chi connectivity index (χ1v) is 13.1. The van der Waals surface area contributed by atoms with Gasteiger partial charge in [0.05, 0.1) is 19.8 Å². The predicted molar refractivity (Wildman–Crippen MR) is 127 cm³/mol. The van der Waals surface area contributed by atoms with E-state index in [4.69, 9.17) is 28.4 Å². The molecule has 0 radical (unpaired) electrons. The zero-order valence-electron chi connectivity index (χ0n) is 22.1. The molecule has 234 valence electrons. The molecule has 0 unspecified atom stereocenters. The highest BCUT2D eigenvalue weighted by molar-refractivity contribution is 5.73. The van der Waals surface area contributed by atoms with Gasteiger partial charge in [-0.1, -0.05) is 6.92 Å². The standard InChI is InChI=1S/C23H41NO16/c1-3-4-35-21-12(24-8(2)28)14(30)19(10(6-26)37-21)39-23-18(34)16(32)20(11(7-27)38-23)40-22-17(33)15(31)13(29)9(5-25)36-22/h9-23,25-27,29-34H,3-7H2,1-2H3,(H,24,28)/t9-,10-,11+,12-,13-,14-,15+,16-,17-,18+,19+,20-,21+,22+,23-/m0/s1. The smallest absolute Gasteiger partial charge is 0.217 e. The van der Waals surface area contributed by atoms with Crippen LogP contribution in [0.3, 0.4) is 0 Å². The minimum Gasteiger partial charge on any atom is -0.394 e. The first kappa shape index (κ1) is 33.4. The molecule has 3 aliphatic heterocycles. The van der Waals surface area contributed by atoms with Crippen LogP contribution in [0.1, 0.15) is 20.3 Å². The lowest BCUT2D eigenvalue weighted by atomic mass is 9.95. The molecular weight excluding hydrogens is 546 g/mol. The van der Waals surface area contributed by atoms with Gasteiger partial charge in [0.15, 0.2) is 18.9 Å². The number of carbonyl (C=O) groups excluding carboxylic acids is 1. The fourth-order valence-electron chi connectivity index (χ4n) is 4.82. The maximum Gasteiger partial charge on any atom is 0.217 e. The van der Waals surface area contributed by atoms with Gasteiger partial charge in [-0.05, 0) is 6.42 Å². The Morgan fingerprint density at radius 1 is 0.675 bits per heavy atom. The maximum absolute atomic E-state index is 11.8. The summed E-state index contributed by atoms with van der Waals surface area (Å²) < 4.78 is 33.4. The lowest BCUT2D eigenvalue weighted by Gasteiger charge is -2.48. The lowest BCUT2D eigenvalue weighted by Crippen LogP contribution is -2.68. The second kappa shape index (κ2) is 14.9. The molecule has 3 rings (SSSR count). The molecule has 3 saturated heterocycles. The minimum absolute atomic E-state index is 0.224. The van der Waals surface area contributed by atoms with Crippen molar-refractivity contribution in [2.24, 2.45) is 0 Å². The van der Waals surface area contributed by atoms with Crippen molar-refractivity contribution in [1.29, 1.82) is 0 Å². The van der Waals surface area contributed by atoms with Gasteiger partial charge in [0, 0.05) is 13.5 Å². The van der Waals surface area contributed by atoms with Crippen LogP contribution in [0.5, 0.6) is 0 Å². The zero-order valence-corrected chi connectivity index (χ0v) is 22.1. The van der Waals surface area contributed by atoms with E-state index in [1.807, 2.05) is 6.92 Å². The zero-order chi connectivity index (χ0) is 29.7. The van der Waals surface area contributed by atoms with Gasteiger partial charge in [0.2, 0.25) is 5.91 Å². The SMILES string of the molecule is CCCO[C@@H]1O[C@@H](CO)[C@@H](O[C@@H]2O[C@H](CO)[C@H](O[C@H]3O[C@@H](CO)[C@H](O)[C@@H](O)[C@@H]3O)[C@@H](O)[C@H]2O)[C@@H](O)[C@@H]1NC(C)=O. The Morgan fingerprint density at radius 2 is 1.15 bits per heavy atom. The predicted octanol–water partition coefficient (Wildman–Crippen LogP) is -5.99. The molecule has 3 aliphatic rings. The molecule has 0 saturated carbocycles. The second-order valence-corrected chi connectivity index (χ2v) is 9.92. The summed E-state index contributed by atoms with van der Waals surface area (Å²) in [5.41, 5.74) is 0. The van der Waals surface area contributed by atoms with Crippen molar-refractivity contribution >= 4 is 5.91 Å². The molecule has 17 heteroatoms. The van der Waals surface area contributed by atoms with Crippen LogP contribution in [0, 0.1) is 0 Å². The van der Waals surface area contributed by atoms with Crippen molar-refractivity contribution < 1.29 is 79.2 Å². The molecule has 3 heterocycles. The molecule has 3 fully saturated rings. The average molecular weight is 588 g/mol. The van der Waals surface area contributed by atoms with E-state index < -0.39 is 118 Å². The van der Waals surface area contributed by atoms with Crippen LogP contribution in [0.2, 0.25) is 0 Å². The lowest BCUT2D eigenvalue weighted by molar-refractivity contribution is -0.374. The molecular formula is C23H41NO16. The molecule has 17 nitrogen and oxygen atoms in total. The van der Waals surface area contributed by atoms with E-state index in [2.05, 4.69) is 5.32 Å². The number of hydrogen-bond donors (Lipinski definition) is 10. The summed E-state index contributed by atoms with van der Waals surface area (Å²) in [6.45, 7) is 1.06. The van der Waals surface area contributed by atoms with Crippen molar-refractivity contribution in [1.82, 2.24) is 5.32 Å². The van der Waals surface area contributed by atoms with Gasteiger partial charge in [-0.15, -0.1) is 0 Å². The Bertz CT molecular complexity index is 790. The summed E-state index contributed by atoms with van der Waals surface area (Å²) in [6.07, 6.45) is -21.5. The maximum atomic E-state index is 11.8. The topological polar surface area (TPSA) is 267 Å². The third-order valence-corrected chi connectivity index (χ3v) is 6.96. The van der Waals surface area contributed by atoms with Gasteiger partial charge in [-0.2, -0.15) is 0 Å². The number of rotatable bonds is 11. The number of aliphatic hydroxyl groups is 9. The fraction of sp³-hybridized carbons (Fsp3) is 0.957. The molecule has 0 aromatic rings. The van der Waals surface area contributed by atoms with Gasteiger partial charge in [-0.3, -0.25) is 4.79 Å². The minimum atomic E-state index is -1.89. The molecule has 10 N–H and O–H groups in total. The van der Waals surface area contributed by atoms with Crippen molar-refractivity contribution in [3.8, 4) is 0 Å². The van der Waals surface area contributed by atoms with E-state index in [1.165, 1.54) is 6.92 Å². The molecule has 0 aliphatic carbocycles. The largest absolute Gasteiger partial charge is 0.394 e. The van der Waals surface area contributed by atoms with Crippen LogP contribution in [-0.2, 0) is 33.2 Å². The van der Waals surface area contributed by atoms with Crippen molar-refractivity contribution in [3.63, 3.8) is 0 Å². The van der Waals surface area contributed by atoms with Crippen LogP contribution in [0.4, 0.5) is 0 Å². The van der Waals surface area contributed by atoms with E-state index in [0.29, 0.717) is 6.42 Å². The Labute approximate surface area is 229 Å². The number of aliphatic hydroxyl groups excluding tert-OH is 9. The molecule has 0 bridgehead atoms. The summed E-state index contributed by atoms with van der Waals surface area (Å²) in [4.78, 5) is 11.8. The second-order valence-electron chi connectivity index (χ2n) is 9.92. The van der Waals surface area contributed by atoms with E-state index in [-0.39, 0.29) is 6.61 Å². The first-order chi connectivity index (χ1) is 19.0. The Hall–Kier alpha value is -1.13. The summed E-state index contributed by atoms with van der Waals surface area (Å²) in [5.74, 6) is -0.517. The number of nitrogens with one attached hydrogen (secondary N) is 1. The first-order valence-electron chi connectivity index (χ1n) is 13.1. The van der Waals surface area contributed by atoms with E-state index >= 15 is 0 Å². The van der Waals surface area contributed by atoms with Gasteiger partial charge < -0.3 is 79.7 Å².